The summed E-state index contributed by atoms with van der Waals surface area (Å²) in [7, 11) is 0. The first kappa shape index (κ1) is 20.6. The molecule has 31 heavy (non-hydrogen) atoms. The summed E-state index contributed by atoms with van der Waals surface area (Å²) in [6.45, 7) is 0.738. The highest BCUT2D eigenvalue weighted by atomic mass is 35.5. The van der Waals surface area contributed by atoms with Crippen LogP contribution in [0.1, 0.15) is 34.6 Å². The van der Waals surface area contributed by atoms with Crippen molar-refractivity contribution < 1.29 is 9.53 Å². The molecule has 1 aliphatic rings. The van der Waals surface area contributed by atoms with Crippen molar-refractivity contribution in [2.24, 2.45) is 0 Å². The van der Waals surface area contributed by atoms with Gasteiger partial charge in [-0.05, 0) is 40.3 Å². The summed E-state index contributed by atoms with van der Waals surface area (Å²) in [6, 6.07) is 20.2. The maximum Gasteiger partial charge on any atom is 0.407 e. The molecule has 0 atom stereocenters. The summed E-state index contributed by atoms with van der Waals surface area (Å²) in [5, 5.41) is 12.0. The molecule has 0 fully saturated rings. The average Bonchev–Trinajstić information content (AvgIpc) is 3.12. The van der Waals surface area contributed by atoms with Gasteiger partial charge in [0.15, 0.2) is 0 Å². The van der Waals surface area contributed by atoms with Crippen LogP contribution in [0.15, 0.2) is 66.9 Å². The fraction of sp³-hybridized carbons (Fsp3) is 0.160. The molecule has 1 amide bonds. The van der Waals surface area contributed by atoms with E-state index in [0.717, 1.165) is 5.56 Å². The van der Waals surface area contributed by atoms with Crippen molar-refractivity contribution in [3.8, 4) is 17.2 Å². The fourth-order valence-electron chi connectivity index (χ4n) is 3.76. The van der Waals surface area contributed by atoms with Crippen LogP contribution in [0.25, 0.3) is 17.2 Å². The summed E-state index contributed by atoms with van der Waals surface area (Å²) in [5.41, 5.74) is 5.89. The van der Waals surface area contributed by atoms with E-state index in [1.165, 1.54) is 22.3 Å². The molecule has 154 valence electrons. The molecule has 3 aromatic rings. The van der Waals surface area contributed by atoms with Gasteiger partial charge in [-0.25, -0.2) is 9.78 Å². The summed E-state index contributed by atoms with van der Waals surface area (Å²) >= 11 is 5.83. The maximum atomic E-state index is 12.2. The van der Waals surface area contributed by atoms with Crippen LogP contribution in [0, 0.1) is 11.3 Å². The van der Waals surface area contributed by atoms with E-state index in [9.17, 15) is 4.79 Å². The molecule has 2 aromatic carbocycles. The van der Waals surface area contributed by atoms with Crippen LogP contribution < -0.4 is 5.32 Å². The van der Waals surface area contributed by atoms with Gasteiger partial charge in [0, 0.05) is 18.7 Å². The second-order valence-electron chi connectivity index (χ2n) is 7.16. The maximum absolute atomic E-state index is 12.2. The molecule has 1 aliphatic carbocycles. The summed E-state index contributed by atoms with van der Waals surface area (Å²) < 4.78 is 5.51. The molecule has 0 bridgehead atoms. The highest BCUT2D eigenvalue weighted by Gasteiger charge is 2.28. The second-order valence-corrected chi connectivity index (χ2v) is 7.52. The van der Waals surface area contributed by atoms with Crippen LogP contribution in [0.5, 0.6) is 0 Å². The number of aromatic nitrogens is 1. The van der Waals surface area contributed by atoms with Crippen LogP contribution in [0.2, 0.25) is 5.15 Å². The molecule has 0 unspecified atom stereocenters. The van der Waals surface area contributed by atoms with Gasteiger partial charge >= 0.3 is 6.09 Å². The number of ether oxygens (including phenoxy) is 1. The van der Waals surface area contributed by atoms with E-state index in [-0.39, 0.29) is 11.1 Å². The predicted octanol–water partition coefficient (Wildman–Crippen LogP) is 5.55. The minimum absolute atomic E-state index is 0.0461. The van der Waals surface area contributed by atoms with Crippen molar-refractivity contribution in [2.45, 2.75) is 12.3 Å². The number of carbonyl (C=O) groups excluding carboxylic acids is 1. The standard InChI is InChI=1S/C25H20ClN3O2/c26-24-18(14-27)13-17(15-29-24)7-5-6-12-28-25(30)31-16-23-21-10-3-1-8-19(21)20-9-2-4-11-22(20)23/h1-5,7-11,13,15,23H,6,12,16H2,(H,28,30). The van der Waals surface area contributed by atoms with Gasteiger partial charge < -0.3 is 10.1 Å². The molecular weight excluding hydrogens is 410 g/mol. The fourth-order valence-corrected chi connectivity index (χ4v) is 3.91. The number of benzene rings is 2. The molecule has 0 saturated heterocycles. The molecule has 1 aromatic heterocycles. The summed E-state index contributed by atoms with van der Waals surface area (Å²) in [4.78, 5) is 16.1. The Balaban J connectivity index is 1.27. The number of fused-ring (bicyclic) bond motifs is 3. The van der Waals surface area contributed by atoms with Crippen molar-refractivity contribution in [1.29, 1.82) is 5.26 Å². The number of amides is 1. The number of halogens is 1. The predicted molar refractivity (Wildman–Crippen MR) is 121 cm³/mol. The quantitative estimate of drug-likeness (QED) is 0.411. The van der Waals surface area contributed by atoms with Crippen LogP contribution in [0.4, 0.5) is 4.79 Å². The average molecular weight is 430 g/mol. The molecule has 1 N–H and O–H groups in total. The van der Waals surface area contributed by atoms with Gasteiger partial charge in [0.25, 0.3) is 0 Å². The lowest BCUT2D eigenvalue weighted by molar-refractivity contribution is 0.143. The van der Waals surface area contributed by atoms with E-state index < -0.39 is 6.09 Å². The monoisotopic (exact) mass is 429 g/mol. The molecule has 0 aliphatic heterocycles. The third kappa shape index (κ3) is 4.60. The Morgan fingerprint density at radius 2 is 1.84 bits per heavy atom. The molecule has 5 nitrogen and oxygen atoms in total. The van der Waals surface area contributed by atoms with Gasteiger partial charge in [-0.3, -0.25) is 0 Å². The SMILES string of the molecule is N#Cc1cc(C=CCCNC(=O)OCC2c3ccccc3-c3ccccc32)cnc1Cl. The van der Waals surface area contributed by atoms with Gasteiger partial charge in [-0.1, -0.05) is 72.3 Å². The minimum atomic E-state index is -0.435. The van der Waals surface area contributed by atoms with Crippen molar-refractivity contribution in [3.63, 3.8) is 0 Å². The third-order valence-electron chi connectivity index (χ3n) is 5.21. The first-order chi connectivity index (χ1) is 15.2. The van der Waals surface area contributed by atoms with E-state index in [0.29, 0.717) is 25.1 Å². The number of alkyl carbamates (subject to hydrolysis) is 1. The third-order valence-corrected chi connectivity index (χ3v) is 5.52. The Hall–Kier alpha value is -3.62. The molecule has 4 rings (SSSR count). The normalized spacial score (nSPS) is 12.3. The Morgan fingerprint density at radius 3 is 2.52 bits per heavy atom. The number of rotatable bonds is 6. The lowest BCUT2D eigenvalue weighted by Crippen LogP contribution is -2.26. The molecule has 6 heteroatoms. The zero-order valence-corrected chi connectivity index (χ0v) is 17.5. The van der Waals surface area contributed by atoms with Gasteiger partial charge in [0.1, 0.15) is 17.8 Å². The van der Waals surface area contributed by atoms with Crippen molar-refractivity contribution in [2.75, 3.05) is 13.2 Å². The zero-order chi connectivity index (χ0) is 21.6. The van der Waals surface area contributed by atoms with Crippen molar-refractivity contribution in [3.05, 3.63) is 94.3 Å². The Bertz CT molecular complexity index is 1140. The van der Waals surface area contributed by atoms with E-state index >= 15 is 0 Å². The number of pyridine rings is 1. The number of nitrogens with one attached hydrogen (secondary N) is 1. The molecular formula is C25H20ClN3O2. The van der Waals surface area contributed by atoms with Gasteiger partial charge in [-0.15, -0.1) is 0 Å². The molecule has 0 radical (unpaired) electrons. The molecule has 0 spiro atoms. The van der Waals surface area contributed by atoms with Crippen molar-refractivity contribution in [1.82, 2.24) is 10.3 Å². The number of carbonyl (C=O) groups is 1. The first-order valence-corrected chi connectivity index (χ1v) is 10.4. The van der Waals surface area contributed by atoms with E-state index in [1.54, 1.807) is 12.3 Å². The first-order valence-electron chi connectivity index (χ1n) is 9.98. The Labute approximate surface area is 186 Å². The van der Waals surface area contributed by atoms with Gasteiger partial charge in [-0.2, -0.15) is 5.26 Å². The highest BCUT2D eigenvalue weighted by molar-refractivity contribution is 6.30. The van der Waals surface area contributed by atoms with Crippen LogP contribution >= 0.6 is 11.6 Å². The summed E-state index contributed by atoms with van der Waals surface area (Å²) in [6.07, 6.45) is 5.52. The molecule has 1 heterocycles. The van der Waals surface area contributed by atoms with Crippen LogP contribution in [0.3, 0.4) is 0 Å². The van der Waals surface area contributed by atoms with E-state index in [4.69, 9.17) is 21.6 Å². The Morgan fingerprint density at radius 1 is 1.16 bits per heavy atom. The number of hydrogen-bond acceptors (Lipinski definition) is 4. The largest absolute Gasteiger partial charge is 0.449 e. The number of nitriles is 1. The van der Waals surface area contributed by atoms with Crippen LogP contribution in [-0.4, -0.2) is 24.2 Å². The molecule has 0 saturated carbocycles. The lowest BCUT2D eigenvalue weighted by Gasteiger charge is -2.14. The van der Waals surface area contributed by atoms with E-state index in [1.807, 2.05) is 42.5 Å². The smallest absolute Gasteiger partial charge is 0.407 e. The summed E-state index contributed by atoms with van der Waals surface area (Å²) in [5.74, 6) is 0.0461. The van der Waals surface area contributed by atoms with Crippen LogP contribution in [-0.2, 0) is 4.74 Å². The minimum Gasteiger partial charge on any atom is -0.449 e. The van der Waals surface area contributed by atoms with Gasteiger partial charge in [0.05, 0.1) is 5.56 Å². The van der Waals surface area contributed by atoms with Gasteiger partial charge in [0.2, 0.25) is 0 Å². The Kier molecular flexibility index (Phi) is 6.30. The lowest BCUT2D eigenvalue weighted by atomic mass is 9.98. The number of hydrogen-bond donors (Lipinski definition) is 1. The topological polar surface area (TPSA) is 75.0 Å². The zero-order valence-electron chi connectivity index (χ0n) is 16.7. The van der Waals surface area contributed by atoms with E-state index in [2.05, 4.69) is 34.6 Å². The second kappa shape index (κ2) is 9.46. The van der Waals surface area contributed by atoms with Crippen molar-refractivity contribution >= 4 is 23.8 Å². The highest BCUT2D eigenvalue weighted by Crippen LogP contribution is 2.44. The number of nitrogens with zero attached hydrogens (tertiary/aromatic N) is 2.